The van der Waals surface area contributed by atoms with Gasteiger partial charge in [-0.05, 0) is 25.0 Å². The maximum atomic E-state index is 12.0. The minimum Gasteiger partial charge on any atom is -0.481 e. The zero-order chi connectivity index (χ0) is 14.8. The van der Waals surface area contributed by atoms with Gasteiger partial charge >= 0.3 is 12.0 Å². The number of amides is 2. The standard InChI is InChI=1S/C13H17ClN2O3S/c1-16(7-9-3-4-10(14)20-9)12(19)15-8-13(11(17)18)5-2-6-13/h3-4H,2,5-8H2,1H3,(H,15,19)(H,17,18). The molecule has 5 nitrogen and oxygen atoms in total. The number of thiophene rings is 1. The van der Waals surface area contributed by atoms with E-state index in [4.69, 9.17) is 11.6 Å². The van der Waals surface area contributed by atoms with E-state index in [1.54, 1.807) is 13.1 Å². The largest absolute Gasteiger partial charge is 0.481 e. The molecule has 110 valence electrons. The molecule has 1 aromatic heterocycles. The molecule has 1 aliphatic rings. The van der Waals surface area contributed by atoms with Crippen LogP contribution in [0.3, 0.4) is 0 Å². The SMILES string of the molecule is CN(Cc1ccc(Cl)s1)C(=O)NCC1(C(=O)O)CCC1. The number of carboxylic acid groups (broad SMARTS) is 1. The van der Waals surface area contributed by atoms with Crippen LogP contribution in [0.4, 0.5) is 4.79 Å². The summed E-state index contributed by atoms with van der Waals surface area (Å²) in [6.07, 6.45) is 2.17. The molecule has 1 aliphatic carbocycles. The van der Waals surface area contributed by atoms with Crippen LogP contribution in [0.25, 0.3) is 0 Å². The van der Waals surface area contributed by atoms with E-state index >= 15 is 0 Å². The van der Waals surface area contributed by atoms with Gasteiger partial charge in [0.15, 0.2) is 0 Å². The highest BCUT2D eigenvalue weighted by Crippen LogP contribution is 2.40. The van der Waals surface area contributed by atoms with E-state index in [2.05, 4.69) is 5.32 Å². The van der Waals surface area contributed by atoms with Crippen LogP contribution in [-0.4, -0.2) is 35.6 Å². The van der Waals surface area contributed by atoms with Crippen molar-refractivity contribution in [3.05, 3.63) is 21.3 Å². The second kappa shape index (κ2) is 6.01. The van der Waals surface area contributed by atoms with Crippen molar-refractivity contribution in [1.29, 1.82) is 0 Å². The minimum absolute atomic E-state index is 0.191. The Bertz CT molecular complexity index is 513. The van der Waals surface area contributed by atoms with Crippen LogP contribution in [0.1, 0.15) is 24.1 Å². The maximum Gasteiger partial charge on any atom is 0.317 e. The molecule has 0 aromatic carbocycles. The lowest BCUT2D eigenvalue weighted by atomic mass is 9.69. The number of rotatable bonds is 5. The van der Waals surface area contributed by atoms with Crippen molar-refractivity contribution in [3.63, 3.8) is 0 Å². The summed E-state index contributed by atoms with van der Waals surface area (Å²) in [6.45, 7) is 0.653. The molecule has 0 radical (unpaired) electrons. The number of urea groups is 1. The van der Waals surface area contributed by atoms with Crippen molar-refractivity contribution in [3.8, 4) is 0 Å². The highest BCUT2D eigenvalue weighted by Gasteiger charge is 2.44. The van der Waals surface area contributed by atoms with Gasteiger partial charge in [-0.15, -0.1) is 11.3 Å². The van der Waals surface area contributed by atoms with Crippen LogP contribution in [0.5, 0.6) is 0 Å². The molecule has 7 heteroatoms. The lowest BCUT2D eigenvalue weighted by Crippen LogP contribution is -2.49. The zero-order valence-electron chi connectivity index (χ0n) is 11.2. The van der Waals surface area contributed by atoms with Gasteiger partial charge in [0.1, 0.15) is 0 Å². The summed E-state index contributed by atoms with van der Waals surface area (Å²) in [5.74, 6) is -0.822. The molecular weight excluding hydrogens is 300 g/mol. The van der Waals surface area contributed by atoms with Gasteiger partial charge in [-0.2, -0.15) is 0 Å². The Kier molecular flexibility index (Phi) is 4.55. The van der Waals surface area contributed by atoms with Gasteiger partial charge < -0.3 is 15.3 Å². The van der Waals surface area contributed by atoms with Gasteiger partial charge in [-0.25, -0.2) is 4.79 Å². The van der Waals surface area contributed by atoms with Crippen molar-refractivity contribution < 1.29 is 14.7 Å². The molecule has 20 heavy (non-hydrogen) atoms. The molecule has 0 saturated heterocycles. The smallest absolute Gasteiger partial charge is 0.317 e. The molecule has 0 spiro atoms. The summed E-state index contributed by atoms with van der Waals surface area (Å²) in [7, 11) is 1.68. The number of carboxylic acids is 1. The maximum absolute atomic E-state index is 12.0. The number of aliphatic carboxylic acids is 1. The Hall–Kier alpha value is -1.27. The number of halogens is 1. The van der Waals surface area contributed by atoms with Crippen LogP contribution in [0, 0.1) is 5.41 Å². The minimum atomic E-state index is -0.822. The van der Waals surface area contributed by atoms with Gasteiger partial charge in [0.05, 0.1) is 16.3 Å². The first-order valence-corrected chi connectivity index (χ1v) is 7.59. The summed E-state index contributed by atoms with van der Waals surface area (Å²) in [6, 6.07) is 3.41. The van der Waals surface area contributed by atoms with Crippen LogP contribution in [0.2, 0.25) is 4.34 Å². The van der Waals surface area contributed by atoms with E-state index in [0.717, 1.165) is 11.3 Å². The van der Waals surface area contributed by atoms with Crippen molar-refractivity contribution in [1.82, 2.24) is 10.2 Å². The normalized spacial score (nSPS) is 16.3. The molecular formula is C13H17ClN2O3S. The summed E-state index contributed by atoms with van der Waals surface area (Å²) in [5, 5.41) is 11.9. The van der Waals surface area contributed by atoms with Crippen molar-refractivity contribution >= 4 is 34.9 Å². The Morgan fingerprint density at radius 1 is 1.50 bits per heavy atom. The summed E-state index contributed by atoms with van der Waals surface area (Å²) in [5.41, 5.74) is -0.761. The first-order valence-electron chi connectivity index (χ1n) is 6.39. The molecule has 2 N–H and O–H groups in total. The first-order chi connectivity index (χ1) is 9.43. The van der Waals surface area contributed by atoms with Crippen LogP contribution < -0.4 is 5.32 Å². The lowest BCUT2D eigenvalue weighted by Gasteiger charge is -2.37. The van der Waals surface area contributed by atoms with Crippen LogP contribution in [-0.2, 0) is 11.3 Å². The molecule has 0 aliphatic heterocycles. The predicted octanol–water partition coefficient (Wildman–Crippen LogP) is 2.80. The van der Waals surface area contributed by atoms with E-state index < -0.39 is 11.4 Å². The molecule has 2 amide bonds. The number of nitrogens with zero attached hydrogens (tertiary/aromatic N) is 1. The lowest BCUT2D eigenvalue weighted by molar-refractivity contribution is -0.153. The topological polar surface area (TPSA) is 69.6 Å². The Morgan fingerprint density at radius 2 is 2.20 bits per heavy atom. The van der Waals surface area contributed by atoms with E-state index in [-0.39, 0.29) is 12.6 Å². The highest BCUT2D eigenvalue weighted by atomic mass is 35.5. The quantitative estimate of drug-likeness (QED) is 0.877. The third-order valence-electron chi connectivity index (χ3n) is 3.71. The number of carbonyl (C=O) groups excluding carboxylic acids is 1. The average molecular weight is 317 g/mol. The first kappa shape index (κ1) is 15.1. The number of hydrogen-bond donors (Lipinski definition) is 2. The molecule has 1 saturated carbocycles. The fourth-order valence-electron chi connectivity index (χ4n) is 2.19. The van der Waals surface area contributed by atoms with Crippen molar-refractivity contribution in [2.45, 2.75) is 25.8 Å². The molecule has 0 unspecified atom stereocenters. The molecule has 1 heterocycles. The van der Waals surface area contributed by atoms with Gasteiger partial charge in [0.25, 0.3) is 0 Å². The van der Waals surface area contributed by atoms with Crippen molar-refractivity contribution in [2.75, 3.05) is 13.6 Å². The molecule has 2 rings (SSSR count). The predicted molar refractivity (Wildman–Crippen MR) is 78.1 cm³/mol. The van der Waals surface area contributed by atoms with E-state index in [1.807, 2.05) is 6.07 Å². The Balaban J connectivity index is 1.83. The zero-order valence-corrected chi connectivity index (χ0v) is 12.8. The average Bonchev–Trinajstić information content (AvgIpc) is 2.72. The molecule has 0 atom stereocenters. The third kappa shape index (κ3) is 3.24. The van der Waals surface area contributed by atoms with E-state index in [1.165, 1.54) is 16.2 Å². The van der Waals surface area contributed by atoms with Crippen LogP contribution in [0.15, 0.2) is 12.1 Å². The summed E-state index contributed by atoms with van der Waals surface area (Å²) >= 11 is 7.27. The fraction of sp³-hybridized carbons (Fsp3) is 0.538. The van der Waals surface area contributed by atoms with Crippen molar-refractivity contribution in [2.24, 2.45) is 5.41 Å². The highest BCUT2D eigenvalue weighted by molar-refractivity contribution is 7.16. The molecule has 0 bridgehead atoms. The van der Waals surface area contributed by atoms with Gasteiger partial charge in [0, 0.05) is 18.5 Å². The van der Waals surface area contributed by atoms with E-state index in [0.29, 0.717) is 23.7 Å². The van der Waals surface area contributed by atoms with Crippen LogP contribution >= 0.6 is 22.9 Å². The Morgan fingerprint density at radius 3 is 2.65 bits per heavy atom. The van der Waals surface area contributed by atoms with Gasteiger partial charge in [-0.3, -0.25) is 4.79 Å². The second-order valence-corrected chi connectivity index (χ2v) is 6.96. The second-order valence-electron chi connectivity index (χ2n) is 5.16. The number of hydrogen-bond acceptors (Lipinski definition) is 3. The number of carbonyl (C=O) groups is 2. The fourth-order valence-corrected chi connectivity index (χ4v) is 3.33. The molecule has 1 aromatic rings. The summed E-state index contributed by atoms with van der Waals surface area (Å²) in [4.78, 5) is 25.7. The van der Waals surface area contributed by atoms with Gasteiger partial charge in [-0.1, -0.05) is 18.0 Å². The summed E-state index contributed by atoms with van der Waals surface area (Å²) < 4.78 is 0.688. The van der Waals surface area contributed by atoms with E-state index in [9.17, 15) is 14.7 Å². The number of nitrogens with one attached hydrogen (secondary N) is 1. The monoisotopic (exact) mass is 316 g/mol. The third-order valence-corrected chi connectivity index (χ3v) is 4.93. The van der Waals surface area contributed by atoms with Gasteiger partial charge in [0.2, 0.25) is 0 Å². The Labute approximate surface area is 126 Å². The molecule has 1 fully saturated rings.